The first-order valence-corrected chi connectivity index (χ1v) is 5.64. The van der Waals surface area contributed by atoms with Gasteiger partial charge in [-0.1, -0.05) is 11.6 Å². The molecule has 0 radical (unpaired) electrons. The van der Waals surface area contributed by atoms with Crippen molar-refractivity contribution in [2.75, 3.05) is 5.32 Å². The number of oxazole rings is 1. The number of carboxylic acids is 1. The molecule has 0 aliphatic carbocycles. The van der Waals surface area contributed by atoms with Crippen molar-refractivity contribution in [3.05, 3.63) is 39.7 Å². The lowest BCUT2D eigenvalue weighted by Crippen LogP contribution is -1.97. The summed E-state index contributed by atoms with van der Waals surface area (Å²) in [5, 5.41) is 12.1. The number of carboxylic acid groups (broad SMARTS) is 1. The van der Waals surface area contributed by atoms with Gasteiger partial charge >= 0.3 is 5.97 Å². The number of aromatic nitrogens is 1. The fraction of sp³-hybridized carbons (Fsp3) is 0. The van der Waals surface area contributed by atoms with Crippen LogP contribution in [0.15, 0.2) is 33.4 Å². The SMILES string of the molecule is O=C(O)c1coc(Nc2ccc(Cl)cc2Br)n1. The summed E-state index contributed by atoms with van der Waals surface area (Å²) < 4.78 is 5.68. The van der Waals surface area contributed by atoms with Gasteiger partial charge in [0.25, 0.3) is 6.01 Å². The average molecular weight is 318 g/mol. The minimum atomic E-state index is -1.14. The van der Waals surface area contributed by atoms with Crippen molar-refractivity contribution in [2.24, 2.45) is 0 Å². The quantitative estimate of drug-likeness (QED) is 0.905. The van der Waals surface area contributed by atoms with Gasteiger partial charge in [-0.2, -0.15) is 4.98 Å². The maximum atomic E-state index is 10.6. The molecular formula is C10H6BrClN2O3. The smallest absolute Gasteiger partial charge is 0.357 e. The standard InChI is InChI=1S/C10H6BrClN2O3/c11-6-3-5(12)1-2-7(6)13-10-14-8(4-17-10)9(15)16/h1-4H,(H,13,14)(H,15,16). The molecule has 5 nitrogen and oxygen atoms in total. The van der Waals surface area contributed by atoms with Crippen LogP contribution in [-0.2, 0) is 0 Å². The average Bonchev–Trinajstić information content (AvgIpc) is 2.71. The lowest BCUT2D eigenvalue weighted by atomic mass is 10.3. The molecule has 0 amide bonds. The maximum absolute atomic E-state index is 10.6. The van der Waals surface area contributed by atoms with Gasteiger partial charge in [0, 0.05) is 9.50 Å². The molecule has 88 valence electrons. The van der Waals surface area contributed by atoms with E-state index in [2.05, 4.69) is 26.2 Å². The predicted molar refractivity (Wildman–Crippen MR) is 65.9 cm³/mol. The Kier molecular flexibility index (Phi) is 3.35. The van der Waals surface area contributed by atoms with Gasteiger partial charge in [0.2, 0.25) is 0 Å². The number of aromatic carboxylic acids is 1. The van der Waals surface area contributed by atoms with Gasteiger partial charge in [-0.05, 0) is 34.1 Å². The first-order chi connectivity index (χ1) is 8.06. The van der Waals surface area contributed by atoms with Crippen molar-refractivity contribution in [2.45, 2.75) is 0 Å². The van der Waals surface area contributed by atoms with Crippen molar-refractivity contribution in [3.63, 3.8) is 0 Å². The summed E-state index contributed by atoms with van der Waals surface area (Å²) in [4.78, 5) is 14.3. The van der Waals surface area contributed by atoms with Crippen LogP contribution in [0.2, 0.25) is 5.02 Å². The van der Waals surface area contributed by atoms with E-state index >= 15 is 0 Å². The summed E-state index contributed by atoms with van der Waals surface area (Å²) in [6.07, 6.45) is 1.06. The van der Waals surface area contributed by atoms with Crippen LogP contribution >= 0.6 is 27.5 Å². The van der Waals surface area contributed by atoms with Crippen molar-refractivity contribution < 1.29 is 14.3 Å². The third-order valence-corrected chi connectivity index (χ3v) is 2.79. The number of hydrogen-bond donors (Lipinski definition) is 2. The second-order valence-corrected chi connectivity index (χ2v) is 4.38. The van der Waals surface area contributed by atoms with E-state index in [0.717, 1.165) is 10.7 Å². The molecule has 0 unspecified atom stereocenters. The second kappa shape index (κ2) is 4.77. The van der Waals surface area contributed by atoms with E-state index in [1.807, 2.05) is 0 Å². The molecule has 0 fully saturated rings. The molecule has 0 saturated heterocycles. The van der Waals surface area contributed by atoms with E-state index in [1.54, 1.807) is 18.2 Å². The molecule has 1 aromatic heterocycles. The highest BCUT2D eigenvalue weighted by Crippen LogP contribution is 2.28. The highest BCUT2D eigenvalue weighted by Gasteiger charge is 2.11. The van der Waals surface area contributed by atoms with E-state index in [4.69, 9.17) is 21.1 Å². The maximum Gasteiger partial charge on any atom is 0.357 e. The Bertz CT molecular complexity index is 570. The lowest BCUT2D eigenvalue weighted by Gasteiger charge is -2.04. The zero-order valence-corrected chi connectivity index (χ0v) is 10.6. The Morgan fingerprint density at radius 2 is 2.29 bits per heavy atom. The van der Waals surface area contributed by atoms with Crippen molar-refractivity contribution in [1.29, 1.82) is 0 Å². The molecule has 1 heterocycles. The zero-order valence-electron chi connectivity index (χ0n) is 8.28. The summed E-state index contributed by atoms with van der Waals surface area (Å²) in [7, 11) is 0. The van der Waals surface area contributed by atoms with Crippen LogP contribution in [-0.4, -0.2) is 16.1 Å². The van der Waals surface area contributed by atoms with Crippen LogP contribution in [0.5, 0.6) is 0 Å². The van der Waals surface area contributed by atoms with Gasteiger partial charge in [0.15, 0.2) is 5.69 Å². The van der Waals surface area contributed by atoms with E-state index in [9.17, 15) is 4.79 Å². The molecule has 1 aromatic carbocycles. The van der Waals surface area contributed by atoms with Crippen LogP contribution in [0.3, 0.4) is 0 Å². The minimum absolute atomic E-state index is 0.102. The number of benzene rings is 1. The summed E-state index contributed by atoms with van der Waals surface area (Å²) in [6.45, 7) is 0. The van der Waals surface area contributed by atoms with Crippen LogP contribution < -0.4 is 5.32 Å². The highest BCUT2D eigenvalue weighted by atomic mass is 79.9. The van der Waals surface area contributed by atoms with E-state index in [1.165, 1.54) is 0 Å². The van der Waals surface area contributed by atoms with Crippen LogP contribution in [0.25, 0.3) is 0 Å². The molecule has 0 aliphatic heterocycles. The van der Waals surface area contributed by atoms with E-state index in [0.29, 0.717) is 10.7 Å². The molecule has 0 aliphatic rings. The Balaban J connectivity index is 2.22. The molecular weight excluding hydrogens is 311 g/mol. The third-order valence-electron chi connectivity index (χ3n) is 1.90. The van der Waals surface area contributed by atoms with Crippen LogP contribution in [0.4, 0.5) is 11.7 Å². The zero-order chi connectivity index (χ0) is 12.4. The molecule has 0 saturated carbocycles. The van der Waals surface area contributed by atoms with E-state index in [-0.39, 0.29) is 11.7 Å². The molecule has 0 atom stereocenters. The fourth-order valence-electron chi connectivity index (χ4n) is 1.14. The van der Waals surface area contributed by atoms with E-state index < -0.39 is 5.97 Å². The summed E-state index contributed by atoms with van der Waals surface area (Å²) in [5.41, 5.74) is 0.519. The van der Waals surface area contributed by atoms with Gasteiger partial charge in [-0.15, -0.1) is 0 Å². The van der Waals surface area contributed by atoms with Crippen LogP contribution in [0, 0.1) is 0 Å². The van der Waals surface area contributed by atoms with Gasteiger partial charge in [-0.25, -0.2) is 4.79 Å². The van der Waals surface area contributed by atoms with Crippen molar-refractivity contribution in [3.8, 4) is 0 Å². The summed E-state index contributed by atoms with van der Waals surface area (Å²) in [5.74, 6) is -1.14. The number of nitrogens with zero attached hydrogens (tertiary/aromatic N) is 1. The molecule has 2 aromatic rings. The Morgan fingerprint density at radius 3 is 2.88 bits per heavy atom. The van der Waals surface area contributed by atoms with Gasteiger partial charge in [0.05, 0.1) is 5.69 Å². The normalized spacial score (nSPS) is 10.2. The van der Waals surface area contributed by atoms with Gasteiger partial charge < -0.3 is 14.8 Å². The topological polar surface area (TPSA) is 75.4 Å². The van der Waals surface area contributed by atoms with Crippen LogP contribution in [0.1, 0.15) is 10.5 Å². The Labute approximate surface area is 110 Å². The molecule has 17 heavy (non-hydrogen) atoms. The number of hydrogen-bond acceptors (Lipinski definition) is 4. The molecule has 0 bridgehead atoms. The van der Waals surface area contributed by atoms with Gasteiger partial charge in [-0.3, -0.25) is 0 Å². The second-order valence-electron chi connectivity index (χ2n) is 3.09. The number of halogens is 2. The predicted octanol–water partition coefficient (Wildman–Crippen LogP) is 3.53. The Hall–Kier alpha value is -1.53. The number of carbonyl (C=O) groups is 1. The summed E-state index contributed by atoms with van der Waals surface area (Å²) >= 11 is 9.10. The first-order valence-electron chi connectivity index (χ1n) is 4.47. The Morgan fingerprint density at radius 1 is 1.53 bits per heavy atom. The number of anilines is 2. The van der Waals surface area contributed by atoms with Gasteiger partial charge in [0.1, 0.15) is 6.26 Å². The highest BCUT2D eigenvalue weighted by molar-refractivity contribution is 9.10. The molecule has 2 N–H and O–H groups in total. The number of nitrogens with one attached hydrogen (secondary N) is 1. The largest absolute Gasteiger partial charge is 0.476 e. The van der Waals surface area contributed by atoms with Crippen molar-refractivity contribution >= 4 is 45.2 Å². The molecule has 0 spiro atoms. The fourth-order valence-corrected chi connectivity index (χ4v) is 1.92. The first kappa shape index (κ1) is 11.9. The third kappa shape index (κ3) is 2.78. The number of rotatable bonds is 3. The lowest BCUT2D eigenvalue weighted by molar-refractivity contribution is 0.0690. The summed E-state index contributed by atoms with van der Waals surface area (Å²) in [6, 6.07) is 5.21. The minimum Gasteiger partial charge on any atom is -0.476 e. The van der Waals surface area contributed by atoms with Crippen molar-refractivity contribution in [1.82, 2.24) is 4.98 Å². The molecule has 7 heteroatoms. The monoisotopic (exact) mass is 316 g/mol. The molecule has 2 rings (SSSR count).